The van der Waals surface area contributed by atoms with E-state index in [0.717, 1.165) is 15.9 Å². The van der Waals surface area contributed by atoms with Gasteiger partial charge in [-0.3, -0.25) is 14.4 Å². The van der Waals surface area contributed by atoms with Gasteiger partial charge in [0.2, 0.25) is 15.9 Å². The Morgan fingerprint density at radius 1 is 1.02 bits per heavy atom. The highest BCUT2D eigenvalue weighted by molar-refractivity contribution is 7.90. The Morgan fingerprint density at radius 2 is 1.68 bits per heavy atom. The van der Waals surface area contributed by atoms with E-state index in [1.807, 2.05) is 19.9 Å². The number of carbonyl (C=O) groups is 3. The van der Waals surface area contributed by atoms with E-state index in [2.05, 4.69) is 10.6 Å². The molecule has 1 saturated heterocycles. The zero-order chi connectivity index (χ0) is 29.9. The molecule has 41 heavy (non-hydrogen) atoms. The van der Waals surface area contributed by atoms with Crippen LogP contribution < -0.4 is 10.6 Å². The lowest BCUT2D eigenvalue weighted by Gasteiger charge is -2.23. The second-order valence-electron chi connectivity index (χ2n) is 10.6. The highest BCUT2D eigenvalue weighted by Gasteiger charge is 2.34. The molecule has 2 amide bonds. The third-order valence-electron chi connectivity index (χ3n) is 6.81. The first-order chi connectivity index (χ1) is 19.3. The Kier molecular flexibility index (Phi) is 9.00. The highest BCUT2D eigenvalue weighted by Crippen LogP contribution is 2.22. The molecule has 4 rings (SSSR count). The van der Waals surface area contributed by atoms with Crippen molar-refractivity contribution in [3.63, 3.8) is 0 Å². The molecule has 3 aromatic rings. The molecule has 2 N–H and O–H groups in total. The van der Waals surface area contributed by atoms with Crippen molar-refractivity contribution in [2.24, 2.45) is 5.92 Å². The molecular weight excluding hydrogens is 570 g/mol. The maximum absolute atomic E-state index is 13.3. The summed E-state index contributed by atoms with van der Waals surface area (Å²) in [7, 11) is -7.59. The van der Waals surface area contributed by atoms with Gasteiger partial charge in [-0.1, -0.05) is 32.0 Å². The summed E-state index contributed by atoms with van der Waals surface area (Å²) in [6, 6.07) is 11.7. The van der Waals surface area contributed by atoms with Crippen LogP contribution in [0.5, 0.6) is 0 Å². The number of sulfone groups is 1. The lowest BCUT2D eigenvalue weighted by atomic mass is 10.0. The van der Waals surface area contributed by atoms with E-state index in [0.29, 0.717) is 18.4 Å². The van der Waals surface area contributed by atoms with Crippen molar-refractivity contribution >= 4 is 48.4 Å². The van der Waals surface area contributed by atoms with Crippen molar-refractivity contribution in [3.05, 3.63) is 60.4 Å². The molecule has 0 spiro atoms. The van der Waals surface area contributed by atoms with Gasteiger partial charge in [-0.15, -0.1) is 0 Å². The molecule has 1 fully saturated rings. The third kappa shape index (κ3) is 7.21. The van der Waals surface area contributed by atoms with Gasteiger partial charge >= 0.3 is 0 Å². The number of sulfonamides is 1. The molecule has 0 saturated carbocycles. The molecule has 220 valence electrons. The van der Waals surface area contributed by atoms with E-state index in [-0.39, 0.29) is 34.4 Å². The minimum absolute atomic E-state index is 0.0189. The fraction of sp³-hybridized carbons (Fsp3) is 0.393. The molecule has 0 bridgehead atoms. The number of furan rings is 1. The zero-order valence-corrected chi connectivity index (χ0v) is 24.6. The van der Waals surface area contributed by atoms with Crippen LogP contribution in [-0.2, 0) is 29.4 Å². The van der Waals surface area contributed by atoms with E-state index in [9.17, 15) is 31.2 Å². The first-order valence-electron chi connectivity index (χ1n) is 13.2. The summed E-state index contributed by atoms with van der Waals surface area (Å²) in [4.78, 5) is 39.2. The fourth-order valence-electron chi connectivity index (χ4n) is 4.66. The van der Waals surface area contributed by atoms with E-state index in [1.165, 1.54) is 24.3 Å². The number of rotatable bonds is 9. The number of hydrogen-bond acceptors (Lipinski definition) is 8. The smallest absolute Gasteiger partial charge is 0.287 e. The second kappa shape index (κ2) is 12.1. The van der Waals surface area contributed by atoms with E-state index >= 15 is 0 Å². The van der Waals surface area contributed by atoms with Crippen LogP contribution in [0.15, 0.2) is 68.8 Å². The Morgan fingerprint density at radius 3 is 2.32 bits per heavy atom. The summed E-state index contributed by atoms with van der Waals surface area (Å²) in [6.07, 6.45) is 1.85. The molecule has 13 heteroatoms. The maximum Gasteiger partial charge on any atom is 0.287 e. The van der Waals surface area contributed by atoms with E-state index in [1.54, 1.807) is 24.3 Å². The summed E-state index contributed by atoms with van der Waals surface area (Å²) in [6.45, 7) is 3.39. The normalized spacial score (nSPS) is 17.8. The molecular formula is C28H33N3O8S2. The summed E-state index contributed by atoms with van der Waals surface area (Å²) < 4.78 is 56.5. The number of nitrogens with zero attached hydrogens (tertiary/aromatic N) is 1. The van der Waals surface area contributed by atoms with Crippen LogP contribution in [0.2, 0.25) is 0 Å². The Hall–Kier alpha value is -3.55. The number of nitrogens with one attached hydrogen (secondary N) is 2. The van der Waals surface area contributed by atoms with Gasteiger partial charge in [-0.05, 0) is 61.6 Å². The number of amides is 2. The summed E-state index contributed by atoms with van der Waals surface area (Å²) >= 11 is 0. The Balaban J connectivity index is 1.44. The number of carbonyl (C=O) groups excluding carboxylic acids is 3. The van der Waals surface area contributed by atoms with E-state index < -0.39 is 56.1 Å². The van der Waals surface area contributed by atoms with Gasteiger partial charge in [0.1, 0.15) is 11.6 Å². The van der Waals surface area contributed by atoms with Gasteiger partial charge in [0.05, 0.1) is 22.4 Å². The topological polar surface area (TPSA) is 160 Å². The summed E-state index contributed by atoms with van der Waals surface area (Å²) in [5.74, 6) is -1.49. The van der Waals surface area contributed by atoms with Gasteiger partial charge in [0.25, 0.3) is 5.91 Å². The summed E-state index contributed by atoms with van der Waals surface area (Å²) in [5.41, 5.74) is 0.539. The quantitative estimate of drug-likeness (QED) is 0.377. The molecule has 11 nitrogen and oxygen atoms in total. The lowest BCUT2D eigenvalue weighted by Crippen LogP contribution is -2.52. The zero-order valence-electron chi connectivity index (χ0n) is 23.0. The predicted octanol–water partition coefficient (Wildman–Crippen LogP) is 2.52. The van der Waals surface area contributed by atoms with Crippen LogP contribution >= 0.6 is 0 Å². The van der Waals surface area contributed by atoms with Crippen LogP contribution in [0.25, 0.3) is 11.0 Å². The lowest BCUT2D eigenvalue weighted by molar-refractivity contribution is -0.129. The molecule has 1 unspecified atom stereocenters. The van der Waals surface area contributed by atoms with Crippen molar-refractivity contribution in [2.45, 2.75) is 55.0 Å². The minimum Gasteiger partial charge on any atom is -0.451 e. The number of ketones is 1. The van der Waals surface area contributed by atoms with Crippen LogP contribution in [-0.4, -0.2) is 70.2 Å². The Bertz CT molecular complexity index is 1630. The standard InChI is InChI=1S/C28H33N3O8S2/c1-18(2)15-23(30-28(34)26-16-19-7-4-5-9-25(19)39-26)27(33)29-22-8-6-14-31(17-24(22)32)41(37,38)21-12-10-20(11-13-21)40(3,35)36/h4-5,7,9-13,16,18,22-23H,6,8,14-15,17H2,1-3H3,(H,29,33)(H,30,34)/t22?,23-/m0/s1. The average Bonchev–Trinajstić information content (AvgIpc) is 3.26. The molecule has 1 aliphatic rings. The average molecular weight is 604 g/mol. The fourth-order valence-corrected chi connectivity index (χ4v) is 6.74. The van der Waals surface area contributed by atoms with Crippen LogP contribution in [0.3, 0.4) is 0 Å². The van der Waals surface area contributed by atoms with Gasteiger partial charge < -0.3 is 15.1 Å². The largest absolute Gasteiger partial charge is 0.451 e. The predicted molar refractivity (Wildman–Crippen MR) is 151 cm³/mol. The second-order valence-corrected chi connectivity index (χ2v) is 14.5. The molecule has 1 aromatic heterocycles. The van der Waals surface area contributed by atoms with Crippen molar-refractivity contribution in [1.29, 1.82) is 0 Å². The monoisotopic (exact) mass is 603 g/mol. The first-order valence-corrected chi connectivity index (χ1v) is 16.5. The van der Waals surface area contributed by atoms with Crippen molar-refractivity contribution in [3.8, 4) is 0 Å². The molecule has 2 heterocycles. The molecule has 0 radical (unpaired) electrons. The third-order valence-corrected chi connectivity index (χ3v) is 9.79. The number of para-hydroxylation sites is 1. The van der Waals surface area contributed by atoms with Gasteiger partial charge in [0.15, 0.2) is 21.4 Å². The number of Topliss-reactive ketones (excluding diaryl/α,β-unsaturated/α-hetero) is 1. The van der Waals surface area contributed by atoms with Crippen LogP contribution in [0.1, 0.15) is 43.7 Å². The molecule has 1 aliphatic heterocycles. The SMILES string of the molecule is CC(C)C[C@H](NC(=O)c1cc2ccccc2o1)C(=O)NC1CCCN(S(=O)(=O)c2ccc(S(C)(=O)=O)cc2)CC1=O. The number of benzene rings is 2. The molecule has 2 atom stereocenters. The van der Waals surface area contributed by atoms with Gasteiger partial charge in [0, 0.05) is 18.2 Å². The molecule has 0 aliphatic carbocycles. The van der Waals surface area contributed by atoms with Crippen LogP contribution in [0.4, 0.5) is 0 Å². The van der Waals surface area contributed by atoms with E-state index in [4.69, 9.17) is 4.42 Å². The van der Waals surface area contributed by atoms with Gasteiger partial charge in [-0.25, -0.2) is 16.8 Å². The Labute approximate surface area is 239 Å². The van der Waals surface area contributed by atoms with Crippen molar-refractivity contribution in [1.82, 2.24) is 14.9 Å². The highest BCUT2D eigenvalue weighted by atomic mass is 32.2. The van der Waals surface area contributed by atoms with Crippen molar-refractivity contribution in [2.75, 3.05) is 19.3 Å². The maximum atomic E-state index is 13.3. The van der Waals surface area contributed by atoms with Crippen molar-refractivity contribution < 1.29 is 35.6 Å². The number of hydrogen-bond donors (Lipinski definition) is 2. The number of fused-ring (bicyclic) bond motifs is 1. The first kappa shape index (κ1) is 30.4. The molecule has 2 aromatic carbocycles. The van der Waals surface area contributed by atoms with Gasteiger partial charge in [-0.2, -0.15) is 4.31 Å². The van der Waals surface area contributed by atoms with Crippen LogP contribution in [0, 0.1) is 5.92 Å². The summed E-state index contributed by atoms with van der Waals surface area (Å²) in [5, 5.41) is 6.17. The minimum atomic E-state index is -4.08.